The molecule has 2 atom stereocenters. The van der Waals surface area contributed by atoms with Gasteiger partial charge in [-0.15, -0.1) is 0 Å². The van der Waals surface area contributed by atoms with Crippen molar-refractivity contribution in [2.24, 2.45) is 11.8 Å². The van der Waals surface area contributed by atoms with Crippen molar-refractivity contribution in [1.29, 1.82) is 0 Å². The van der Waals surface area contributed by atoms with Gasteiger partial charge in [0.05, 0.1) is 11.7 Å². The van der Waals surface area contributed by atoms with Gasteiger partial charge in [0.2, 0.25) is 0 Å². The number of hydrogen-bond acceptors (Lipinski definition) is 2. The summed E-state index contributed by atoms with van der Waals surface area (Å²) >= 11 is 0. The smallest absolute Gasteiger partial charge is 0.0812 e. The molecule has 0 saturated heterocycles. The van der Waals surface area contributed by atoms with Gasteiger partial charge in [-0.25, -0.2) is 0 Å². The topological polar surface area (TPSA) is 21.3 Å². The Kier molecular flexibility index (Phi) is 5.92. The van der Waals surface area contributed by atoms with Crippen LogP contribution in [0.2, 0.25) is 0 Å². The fraction of sp³-hybridized carbons (Fsp3) is 1.00. The van der Waals surface area contributed by atoms with Gasteiger partial charge in [-0.3, -0.25) is 0 Å². The van der Waals surface area contributed by atoms with Gasteiger partial charge in [0, 0.05) is 12.6 Å². The number of ether oxygens (including phenoxy) is 1. The zero-order valence-corrected chi connectivity index (χ0v) is 14.1. The number of hydrogen-bond donors (Lipinski definition) is 1. The highest BCUT2D eigenvalue weighted by molar-refractivity contribution is 4.91. The summed E-state index contributed by atoms with van der Waals surface area (Å²) in [7, 11) is 0. The summed E-state index contributed by atoms with van der Waals surface area (Å²) < 4.78 is 6.73. The van der Waals surface area contributed by atoms with Gasteiger partial charge in [0.25, 0.3) is 0 Å². The van der Waals surface area contributed by atoms with Gasteiger partial charge in [0.15, 0.2) is 0 Å². The molecule has 0 aromatic rings. The molecule has 0 aromatic heterocycles. The van der Waals surface area contributed by atoms with Crippen LogP contribution in [-0.4, -0.2) is 24.3 Å². The fourth-order valence-corrected chi connectivity index (χ4v) is 4.01. The lowest BCUT2D eigenvalue weighted by molar-refractivity contribution is -0.132. The van der Waals surface area contributed by atoms with E-state index in [4.69, 9.17) is 4.74 Å². The maximum atomic E-state index is 6.73. The first-order valence-electron chi connectivity index (χ1n) is 8.90. The summed E-state index contributed by atoms with van der Waals surface area (Å²) in [6.07, 6.45) is 11.0. The van der Waals surface area contributed by atoms with Crippen molar-refractivity contribution in [3.63, 3.8) is 0 Å². The van der Waals surface area contributed by atoms with Gasteiger partial charge >= 0.3 is 0 Å². The van der Waals surface area contributed by atoms with Crippen LogP contribution in [0.15, 0.2) is 0 Å². The lowest BCUT2D eigenvalue weighted by Crippen LogP contribution is -2.50. The molecule has 0 spiro atoms. The first-order chi connectivity index (χ1) is 9.49. The van der Waals surface area contributed by atoms with E-state index in [2.05, 4.69) is 33.0 Å². The van der Waals surface area contributed by atoms with Crippen LogP contribution in [0.5, 0.6) is 0 Å². The Morgan fingerprint density at radius 3 is 2.35 bits per heavy atom. The molecule has 0 heterocycles. The summed E-state index contributed by atoms with van der Waals surface area (Å²) in [6, 6.07) is 0.555. The Labute approximate surface area is 126 Å². The Morgan fingerprint density at radius 1 is 1.05 bits per heavy atom. The molecule has 0 amide bonds. The molecule has 2 fully saturated rings. The van der Waals surface area contributed by atoms with Crippen molar-refractivity contribution in [2.75, 3.05) is 6.54 Å². The molecule has 118 valence electrons. The van der Waals surface area contributed by atoms with E-state index in [1.54, 1.807) is 0 Å². The molecule has 0 radical (unpaired) electrons. The van der Waals surface area contributed by atoms with Crippen molar-refractivity contribution in [1.82, 2.24) is 5.32 Å². The zero-order valence-electron chi connectivity index (χ0n) is 14.1. The average Bonchev–Trinajstić information content (AvgIpc) is 2.39. The van der Waals surface area contributed by atoms with Crippen LogP contribution in [0, 0.1) is 11.8 Å². The van der Waals surface area contributed by atoms with Crippen molar-refractivity contribution in [3.05, 3.63) is 0 Å². The minimum absolute atomic E-state index is 0.118. The standard InChI is InChI=1S/C18H35NO/c1-14(2)19-13-18(11-5-6-16(4)12-18)20-17-9-7-15(3)8-10-17/h14-17,19H,5-13H2,1-4H3. The van der Waals surface area contributed by atoms with Crippen molar-refractivity contribution >= 4 is 0 Å². The second kappa shape index (κ2) is 7.26. The van der Waals surface area contributed by atoms with Crippen molar-refractivity contribution in [2.45, 2.75) is 96.8 Å². The summed E-state index contributed by atoms with van der Waals surface area (Å²) in [5.74, 6) is 1.73. The maximum absolute atomic E-state index is 6.73. The van der Waals surface area contributed by atoms with E-state index in [0.717, 1.165) is 18.4 Å². The van der Waals surface area contributed by atoms with Crippen LogP contribution in [0.1, 0.15) is 79.1 Å². The van der Waals surface area contributed by atoms with E-state index >= 15 is 0 Å². The van der Waals surface area contributed by atoms with Crippen LogP contribution in [0.4, 0.5) is 0 Å². The SMILES string of the molecule is CC1CCC(OC2(CNC(C)C)CCCC(C)C2)CC1. The molecule has 2 nitrogen and oxygen atoms in total. The third-order valence-corrected chi connectivity index (χ3v) is 5.26. The van der Waals surface area contributed by atoms with E-state index in [9.17, 15) is 0 Å². The largest absolute Gasteiger partial charge is 0.370 e. The van der Waals surface area contributed by atoms with Gasteiger partial charge in [0.1, 0.15) is 0 Å². The van der Waals surface area contributed by atoms with Crippen molar-refractivity contribution < 1.29 is 4.74 Å². The molecule has 2 unspecified atom stereocenters. The molecule has 0 aromatic carbocycles. The van der Waals surface area contributed by atoms with E-state index in [1.807, 2.05) is 0 Å². The van der Waals surface area contributed by atoms with Crippen LogP contribution in [0.25, 0.3) is 0 Å². The highest BCUT2D eigenvalue weighted by Crippen LogP contribution is 2.38. The summed E-state index contributed by atoms with van der Waals surface area (Å²) in [4.78, 5) is 0. The van der Waals surface area contributed by atoms with Gasteiger partial charge < -0.3 is 10.1 Å². The molecule has 2 aliphatic rings. The van der Waals surface area contributed by atoms with Crippen molar-refractivity contribution in [3.8, 4) is 0 Å². The third kappa shape index (κ3) is 4.73. The molecule has 2 heteroatoms. The Bertz CT molecular complexity index is 283. The minimum atomic E-state index is 0.118. The minimum Gasteiger partial charge on any atom is -0.370 e. The molecular weight excluding hydrogens is 246 g/mol. The van der Waals surface area contributed by atoms with Crippen LogP contribution in [-0.2, 0) is 4.74 Å². The molecule has 2 rings (SSSR count). The quantitative estimate of drug-likeness (QED) is 0.799. The lowest BCUT2D eigenvalue weighted by Gasteiger charge is -2.44. The summed E-state index contributed by atoms with van der Waals surface area (Å²) in [5.41, 5.74) is 0.118. The zero-order chi connectivity index (χ0) is 14.6. The maximum Gasteiger partial charge on any atom is 0.0812 e. The average molecular weight is 281 g/mol. The molecule has 20 heavy (non-hydrogen) atoms. The van der Waals surface area contributed by atoms with Crippen LogP contribution in [0.3, 0.4) is 0 Å². The molecule has 1 N–H and O–H groups in total. The molecule has 0 bridgehead atoms. The highest BCUT2D eigenvalue weighted by atomic mass is 16.5. The first kappa shape index (κ1) is 16.3. The predicted octanol–water partition coefficient (Wildman–Crippen LogP) is 4.53. The normalized spacial score (nSPS) is 39.1. The second-order valence-electron chi connectivity index (χ2n) is 7.92. The summed E-state index contributed by atoms with van der Waals surface area (Å²) in [5, 5.41) is 3.65. The third-order valence-electron chi connectivity index (χ3n) is 5.26. The molecule has 0 aliphatic heterocycles. The van der Waals surface area contributed by atoms with Gasteiger partial charge in [-0.2, -0.15) is 0 Å². The van der Waals surface area contributed by atoms with E-state index in [1.165, 1.54) is 51.4 Å². The Balaban J connectivity index is 1.94. The van der Waals surface area contributed by atoms with Crippen LogP contribution >= 0.6 is 0 Å². The van der Waals surface area contributed by atoms with E-state index in [0.29, 0.717) is 12.1 Å². The van der Waals surface area contributed by atoms with E-state index < -0.39 is 0 Å². The Hall–Kier alpha value is -0.0800. The van der Waals surface area contributed by atoms with Gasteiger partial charge in [-0.1, -0.05) is 40.5 Å². The number of nitrogens with one attached hydrogen (secondary N) is 1. The fourth-order valence-electron chi connectivity index (χ4n) is 4.01. The second-order valence-corrected chi connectivity index (χ2v) is 7.92. The van der Waals surface area contributed by atoms with Gasteiger partial charge in [-0.05, 0) is 50.4 Å². The number of rotatable bonds is 5. The lowest BCUT2D eigenvalue weighted by atomic mass is 9.78. The highest BCUT2D eigenvalue weighted by Gasteiger charge is 2.38. The van der Waals surface area contributed by atoms with Crippen LogP contribution < -0.4 is 5.32 Å². The Morgan fingerprint density at radius 2 is 1.75 bits per heavy atom. The molecule has 2 saturated carbocycles. The first-order valence-corrected chi connectivity index (χ1v) is 8.90. The molecular formula is C18H35NO. The van der Waals surface area contributed by atoms with E-state index in [-0.39, 0.29) is 5.60 Å². The monoisotopic (exact) mass is 281 g/mol. The summed E-state index contributed by atoms with van der Waals surface area (Å²) in [6.45, 7) is 10.3. The predicted molar refractivity (Wildman–Crippen MR) is 86.0 cm³/mol. The molecule has 2 aliphatic carbocycles.